The standard InChI is InChI=1S/C24H25FN4O7/c1-13(30)35-18-10-15(11-19(12-18)36-14(2)31)21(32)26-20-22(27(3)4)29(24(34)28(5)23(20)33)17-8-6-16(25)7-9-17/h6-12,20,22H,1-5H3,(H,26,32). The number of carbonyl (C=O) groups excluding carboxylic acids is 5. The average molecular weight is 500 g/mol. The highest BCUT2D eigenvalue weighted by atomic mass is 19.1. The fourth-order valence-electron chi connectivity index (χ4n) is 3.76. The van der Waals surface area contributed by atoms with Crippen molar-refractivity contribution in [2.45, 2.75) is 26.1 Å². The molecule has 1 saturated heterocycles. The lowest BCUT2D eigenvalue weighted by atomic mass is 10.1. The Morgan fingerprint density at radius 1 is 0.944 bits per heavy atom. The minimum absolute atomic E-state index is 0.0502. The Hall–Kier alpha value is -4.32. The number of nitrogens with zero attached hydrogens (tertiary/aromatic N) is 3. The van der Waals surface area contributed by atoms with Crippen molar-refractivity contribution in [3.8, 4) is 11.5 Å². The van der Waals surface area contributed by atoms with Crippen molar-refractivity contribution in [1.82, 2.24) is 15.1 Å². The van der Waals surface area contributed by atoms with Crippen LogP contribution in [0.5, 0.6) is 11.5 Å². The smallest absolute Gasteiger partial charge is 0.332 e. The molecule has 2 unspecified atom stereocenters. The summed E-state index contributed by atoms with van der Waals surface area (Å²) in [5.74, 6) is -3.36. The molecule has 2 aromatic carbocycles. The third kappa shape index (κ3) is 5.66. The van der Waals surface area contributed by atoms with Gasteiger partial charge in [0.2, 0.25) is 0 Å². The fraction of sp³-hybridized carbons (Fsp3) is 0.292. The largest absolute Gasteiger partial charge is 0.427 e. The first-order valence-corrected chi connectivity index (χ1v) is 10.7. The van der Waals surface area contributed by atoms with E-state index in [-0.39, 0.29) is 17.1 Å². The predicted molar refractivity (Wildman–Crippen MR) is 125 cm³/mol. The van der Waals surface area contributed by atoms with Crippen LogP contribution in [0.1, 0.15) is 24.2 Å². The van der Waals surface area contributed by atoms with Gasteiger partial charge in [0.05, 0.1) is 0 Å². The van der Waals surface area contributed by atoms with Gasteiger partial charge in [-0.2, -0.15) is 0 Å². The minimum Gasteiger partial charge on any atom is -0.427 e. The van der Waals surface area contributed by atoms with Crippen LogP contribution in [-0.2, 0) is 14.4 Å². The summed E-state index contributed by atoms with van der Waals surface area (Å²) in [5.41, 5.74) is 0.246. The monoisotopic (exact) mass is 500 g/mol. The highest BCUT2D eigenvalue weighted by molar-refractivity contribution is 6.10. The number of amides is 4. The van der Waals surface area contributed by atoms with Crippen LogP contribution < -0.4 is 19.7 Å². The summed E-state index contributed by atoms with van der Waals surface area (Å²) in [7, 11) is 4.51. The summed E-state index contributed by atoms with van der Waals surface area (Å²) in [6.45, 7) is 2.33. The molecular formula is C24H25FN4O7. The van der Waals surface area contributed by atoms with Gasteiger partial charge in [0, 0.05) is 38.2 Å². The van der Waals surface area contributed by atoms with Crippen LogP contribution in [0.3, 0.4) is 0 Å². The van der Waals surface area contributed by atoms with Gasteiger partial charge in [-0.3, -0.25) is 33.9 Å². The van der Waals surface area contributed by atoms with Crippen LogP contribution in [0.2, 0.25) is 0 Å². The maximum atomic E-state index is 13.5. The molecule has 0 spiro atoms. The number of anilines is 1. The van der Waals surface area contributed by atoms with E-state index in [1.54, 1.807) is 19.0 Å². The molecule has 36 heavy (non-hydrogen) atoms. The second-order valence-corrected chi connectivity index (χ2v) is 8.23. The van der Waals surface area contributed by atoms with Crippen molar-refractivity contribution in [2.75, 3.05) is 26.0 Å². The number of hydrogen-bond donors (Lipinski definition) is 1. The van der Waals surface area contributed by atoms with Gasteiger partial charge in [-0.25, -0.2) is 9.18 Å². The number of urea groups is 1. The molecule has 11 nitrogen and oxygen atoms in total. The molecule has 1 heterocycles. The van der Waals surface area contributed by atoms with E-state index >= 15 is 0 Å². The number of halogens is 1. The Morgan fingerprint density at radius 3 is 1.94 bits per heavy atom. The van der Waals surface area contributed by atoms with Crippen LogP contribution in [-0.4, -0.2) is 72.9 Å². The van der Waals surface area contributed by atoms with Crippen LogP contribution in [0, 0.1) is 5.82 Å². The fourth-order valence-corrected chi connectivity index (χ4v) is 3.76. The molecule has 3 rings (SSSR count). The highest BCUT2D eigenvalue weighted by Gasteiger charge is 2.47. The zero-order valence-electron chi connectivity index (χ0n) is 20.3. The quantitative estimate of drug-likeness (QED) is 0.470. The van der Waals surface area contributed by atoms with Crippen molar-refractivity contribution in [2.24, 2.45) is 0 Å². The number of carbonyl (C=O) groups is 5. The summed E-state index contributed by atoms with van der Waals surface area (Å²) in [6.07, 6.45) is -0.972. The van der Waals surface area contributed by atoms with E-state index in [9.17, 15) is 28.4 Å². The molecule has 2 atom stereocenters. The Balaban J connectivity index is 2.00. The van der Waals surface area contributed by atoms with Gasteiger partial charge in [-0.05, 0) is 50.5 Å². The van der Waals surface area contributed by atoms with Gasteiger partial charge in [0.1, 0.15) is 29.5 Å². The topological polar surface area (TPSA) is 126 Å². The van der Waals surface area contributed by atoms with Crippen LogP contribution in [0.25, 0.3) is 0 Å². The molecule has 0 radical (unpaired) electrons. The number of benzene rings is 2. The third-order valence-electron chi connectivity index (χ3n) is 5.24. The van der Waals surface area contributed by atoms with E-state index < -0.39 is 47.8 Å². The molecule has 1 aliphatic rings. The first kappa shape index (κ1) is 26.3. The molecule has 1 fully saturated rings. The maximum absolute atomic E-state index is 13.5. The number of ether oxygens (including phenoxy) is 2. The number of hydrogen-bond acceptors (Lipinski definition) is 8. The molecule has 1 N–H and O–H groups in total. The zero-order chi connectivity index (χ0) is 26.7. The summed E-state index contributed by atoms with van der Waals surface area (Å²) in [4.78, 5) is 65.9. The van der Waals surface area contributed by atoms with Crippen molar-refractivity contribution < 1.29 is 37.8 Å². The van der Waals surface area contributed by atoms with E-state index in [1.165, 1.54) is 54.4 Å². The number of likely N-dealkylation sites (N-methyl/N-ethyl adjacent to an activating group) is 2. The molecule has 0 bridgehead atoms. The van der Waals surface area contributed by atoms with Crippen LogP contribution in [0.4, 0.5) is 14.9 Å². The molecule has 0 saturated carbocycles. The van der Waals surface area contributed by atoms with Gasteiger partial charge in [-0.1, -0.05) is 0 Å². The summed E-state index contributed by atoms with van der Waals surface area (Å²) < 4.78 is 23.6. The summed E-state index contributed by atoms with van der Waals surface area (Å²) >= 11 is 0. The van der Waals surface area contributed by atoms with E-state index in [1.807, 2.05) is 0 Å². The summed E-state index contributed by atoms with van der Waals surface area (Å²) in [6, 6.07) is 6.98. The summed E-state index contributed by atoms with van der Waals surface area (Å²) in [5, 5.41) is 2.62. The Kier molecular flexibility index (Phi) is 7.68. The highest BCUT2D eigenvalue weighted by Crippen LogP contribution is 2.28. The number of esters is 2. The van der Waals surface area contributed by atoms with E-state index in [4.69, 9.17) is 9.47 Å². The lowest BCUT2D eigenvalue weighted by Crippen LogP contribution is -2.71. The second kappa shape index (κ2) is 10.5. The van der Waals surface area contributed by atoms with Gasteiger partial charge in [0.15, 0.2) is 0 Å². The zero-order valence-corrected chi connectivity index (χ0v) is 20.3. The van der Waals surface area contributed by atoms with Crippen LogP contribution in [0.15, 0.2) is 42.5 Å². The Bertz CT molecular complexity index is 1180. The average Bonchev–Trinajstić information content (AvgIpc) is 2.78. The molecule has 190 valence electrons. The van der Waals surface area contributed by atoms with Crippen molar-refractivity contribution >= 4 is 35.5 Å². The lowest BCUT2D eigenvalue weighted by molar-refractivity contribution is -0.133. The van der Waals surface area contributed by atoms with E-state index in [0.29, 0.717) is 5.69 Å². The van der Waals surface area contributed by atoms with Crippen molar-refractivity contribution in [3.05, 3.63) is 53.8 Å². The number of nitrogens with one attached hydrogen (secondary N) is 1. The maximum Gasteiger partial charge on any atom is 0.332 e. The molecule has 1 aliphatic heterocycles. The van der Waals surface area contributed by atoms with Crippen molar-refractivity contribution in [3.63, 3.8) is 0 Å². The number of imide groups is 1. The first-order chi connectivity index (χ1) is 16.9. The SMILES string of the molecule is CC(=O)Oc1cc(OC(C)=O)cc(C(=O)NC2C(=O)N(C)C(=O)N(c3ccc(F)cc3)C2N(C)C)c1. The van der Waals surface area contributed by atoms with Crippen LogP contribution >= 0.6 is 0 Å². The van der Waals surface area contributed by atoms with E-state index in [2.05, 4.69) is 5.32 Å². The molecule has 0 aromatic heterocycles. The van der Waals surface area contributed by atoms with Gasteiger partial charge in [-0.15, -0.1) is 0 Å². The van der Waals surface area contributed by atoms with E-state index in [0.717, 1.165) is 18.7 Å². The normalized spacial score (nSPS) is 17.8. The molecule has 2 aromatic rings. The van der Waals surface area contributed by atoms with Gasteiger partial charge >= 0.3 is 18.0 Å². The predicted octanol–water partition coefficient (Wildman–Crippen LogP) is 1.76. The van der Waals surface area contributed by atoms with Gasteiger partial charge in [0.25, 0.3) is 11.8 Å². The van der Waals surface area contributed by atoms with Crippen molar-refractivity contribution in [1.29, 1.82) is 0 Å². The third-order valence-corrected chi connectivity index (χ3v) is 5.24. The minimum atomic E-state index is -1.24. The molecule has 12 heteroatoms. The Morgan fingerprint density at radius 2 is 1.47 bits per heavy atom. The number of rotatable bonds is 6. The first-order valence-electron chi connectivity index (χ1n) is 10.7. The molecule has 4 amide bonds. The molecular weight excluding hydrogens is 475 g/mol. The second-order valence-electron chi connectivity index (χ2n) is 8.23. The lowest BCUT2D eigenvalue weighted by Gasteiger charge is -2.46. The van der Waals surface area contributed by atoms with Gasteiger partial charge < -0.3 is 14.8 Å². The molecule has 0 aliphatic carbocycles. The Labute approximate surface area is 206 Å².